The summed E-state index contributed by atoms with van der Waals surface area (Å²) >= 11 is 0. The Morgan fingerprint density at radius 3 is 2.53 bits per heavy atom. The van der Waals surface area contributed by atoms with Gasteiger partial charge in [0, 0.05) is 12.1 Å². The van der Waals surface area contributed by atoms with Crippen LogP contribution in [0.3, 0.4) is 0 Å². The normalized spacial score (nSPS) is 14.5. The highest BCUT2D eigenvalue weighted by molar-refractivity contribution is 5.15. The Labute approximate surface area is 105 Å². The standard InChI is InChI=1S/C15H25NO/c1-3-4-8-13(2)16-15(12-17)11-14-9-6-5-7-10-14/h5-7,9-10,13,15-17H,3-4,8,11-12H2,1-2H3. The third-order valence-corrected chi connectivity index (χ3v) is 3.06. The van der Waals surface area contributed by atoms with Gasteiger partial charge in [-0.15, -0.1) is 0 Å². The van der Waals surface area contributed by atoms with Crippen molar-refractivity contribution < 1.29 is 5.11 Å². The predicted molar refractivity (Wildman–Crippen MR) is 73.1 cm³/mol. The summed E-state index contributed by atoms with van der Waals surface area (Å²) in [5, 5.41) is 12.9. The van der Waals surface area contributed by atoms with Crippen LogP contribution in [0.25, 0.3) is 0 Å². The molecule has 0 saturated heterocycles. The van der Waals surface area contributed by atoms with Crippen LogP contribution in [0.4, 0.5) is 0 Å². The molecule has 0 radical (unpaired) electrons. The van der Waals surface area contributed by atoms with Crippen LogP contribution in [-0.4, -0.2) is 23.8 Å². The molecule has 0 aliphatic heterocycles. The van der Waals surface area contributed by atoms with E-state index in [-0.39, 0.29) is 12.6 Å². The van der Waals surface area contributed by atoms with Crippen molar-refractivity contribution in [3.05, 3.63) is 35.9 Å². The first-order valence-corrected chi connectivity index (χ1v) is 6.67. The van der Waals surface area contributed by atoms with Crippen LogP contribution in [0.5, 0.6) is 0 Å². The van der Waals surface area contributed by atoms with Crippen LogP contribution in [-0.2, 0) is 6.42 Å². The number of aliphatic hydroxyl groups is 1. The summed E-state index contributed by atoms with van der Waals surface area (Å²) < 4.78 is 0. The molecule has 2 heteroatoms. The molecule has 0 bridgehead atoms. The average molecular weight is 235 g/mol. The maximum Gasteiger partial charge on any atom is 0.0587 e. The van der Waals surface area contributed by atoms with E-state index in [1.165, 1.54) is 24.8 Å². The highest BCUT2D eigenvalue weighted by Gasteiger charge is 2.11. The van der Waals surface area contributed by atoms with Gasteiger partial charge in [-0.3, -0.25) is 0 Å². The van der Waals surface area contributed by atoms with E-state index in [1.54, 1.807) is 0 Å². The molecule has 2 N–H and O–H groups in total. The second-order valence-electron chi connectivity index (χ2n) is 4.78. The van der Waals surface area contributed by atoms with Gasteiger partial charge in [0.25, 0.3) is 0 Å². The van der Waals surface area contributed by atoms with Crippen molar-refractivity contribution in [2.24, 2.45) is 0 Å². The zero-order chi connectivity index (χ0) is 12.5. The number of nitrogens with one attached hydrogen (secondary N) is 1. The van der Waals surface area contributed by atoms with Crippen molar-refractivity contribution in [1.82, 2.24) is 5.32 Å². The number of hydrogen-bond donors (Lipinski definition) is 2. The Morgan fingerprint density at radius 1 is 1.24 bits per heavy atom. The highest BCUT2D eigenvalue weighted by Crippen LogP contribution is 2.06. The fourth-order valence-corrected chi connectivity index (χ4v) is 2.07. The molecule has 0 aliphatic rings. The summed E-state index contributed by atoms with van der Waals surface area (Å²) in [6.07, 6.45) is 4.56. The van der Waals surface area contributed by atoms with Gasteiger partial charge in [-0.1, -0.05) is 50.1 Å². The maximum absolute atomic E-state index is 9.40. The molecular weight excluding hydrogens is 210 g/mol. The number of rotatable bonds is 8. The van der Waals surface area contributed by atoms with Crippen molar-refractivity contribution in [1.29, 1.82) is 0 Å². The van der Waals surface area contributed by atoms with Gasteiger partial charge in [-0.25, -0.2) is 0 Å². The Balaban J connectivity index is 2.38. The van der Waals surface area contributed by atoms with Crippen molar-refractivity contribution in [2.45, 2.75) is 51.6 Å². The summed E-state index contributed by atoms with van der Waals surface area (Å²) in [4.78, 5) is 0. The molecule has 96 valence electrons. The second-order valence-corrected chi connectivity index (χ2v) is 4.78. The fourth-order valence-electron chi connectivity index (χ4n) is 2.07. The summed E-state index contributed by atoms with van der Waals surface area (Å²) in [6.45, 7) is 4.61. The number of benzene rings is 1. The average Bonchev–Trinajstić information content (AvgIpc) is 2.36. The second kappa shape index (κ2) is 8.26. The monoisotopic (exact) mass is 235 g/mol. The Hall–Kier alpha value is -0.860. The molecule has 17 heavy (non-hydrogen) atoms. The maximum atomic E-state index is 9.40. The first kappa shape index (κ1) is 14.2. The molecule has 0 heterocycles. The quantitative estimate of drug-likeness (QED) is 0.726. The van der Waals surface area contributed by atoms with Crippen LogP contribution < -0.4 is 5.32 Å². The number of aliphatic hydroxyl groups excluding tert-OH is 1. The molecular formula is C15H25NO. The van der Waals surface area contributed by atoms with E-state index < -0.39 is 0 Å². The van der Waals surface area contributed by atoms with E-state index in [4.69, 9.17) is 0 Å². The van der Waals surface area contributed by atoms with E-state index in [1.807, 2.05) is 18.2 Å². The lowest BCUT2D eigenvalue weighted by Crippen LogP contribution is -2.40. The molecule has 1 aromatic carbocycles. The van der Waals surface area contributed by atoms with Gasteiger partial charge in [0.05, 0.1) is 6.61 Å². The van der Waals surface area contributed by atoms with Crippen LogP contribution in [0.15, 0.2) is 30.3 Å². The summed E-state index contributed by atoms with van der Waals surface area (Å²) in [6, 6.07) is 11.0. The van der Waals surface area contributed by atoms with Gasteiger partial charge in [-0.2, -0.15) is 0 Å². The molecule has 0 amide bonds. The van der Waals surface area contributed by atoms with Crippen molar-refractivity contribution in [3.63, 3.8) is 0 Å². The molecule has 0 spiro atoms. The van der Waals surface area contributed by atoms with E-state index >= 15 is 0 Å². The van der Waals surface area contributed by atoms with Gasteiger partial charge in [-0.05, 0) is 25.3 Å². The fraction of sp³-hybridized carbons (Fsp3) is 0.600. The first-order valence-electron chi connectivity index (χ1n) is 6.67. The van der Waals surface area contributed by atoms with Crippen molar-refractivity contribution in [3.8, 4) is 0 Å². The molecule has 2 nitrogen and oxygen atoms in total. The van der Waals surface area contributed by atoms with Gasteiger partial charge in [0.2, 0.25) is 0 Å². The van der Waals surface area contributed by atoms with E-state index in [0.717, 1.165) is 6.42 Å². The lowest BCUT2D eigenvalue weighted by atomic mass is 10.0. The lowest BCUT2D eigenvalue weighted by molar-refractivity contribution is 0.229. The summed E-state index contributed by atoms with van der Waals surface area (Å²) in [7, 11) is 0. The SMILES string of the molecule is CCCCC(C)NC(CO)Cc1ccccc1. The topological polar surface area (TPSA) is 32.3 Å². The predicted octanol–water partition coefficient (Wildman–Crippen LogP) is 2.76. The third-order valence-electron chi connectivity index (χ3n) is 3.06. The molecule has 0 fully saturated rings. The van der Waals surface area contributed by atoms with Crippen LogP contribution >= 0.6 is 0 Å². The Morgan fingerprint density at radius 2 is 1.94 bits per heavy atom. The van der Waals surface area contributed by atoms with Gasteiger partial charge < -0.3 is 10.4 Å². The number of hydrogen-bond acceptors (Lipinski definition) is 2. The van der Waals surface area contributed by atoms with Crippen LogP contribution in [0, 0.1) is 0 Å². The smallest absolute Gasteiger partial charge is 0.0587 e. The number of unbranched alkanes of at least 4 members (excludes halogenated alkanes) is 1. The van der Waals surface area contributed by atoms with E-state index in [0.29, 0.717) is 6.04 Å². The third kappa shape index (κ3) is 5.85. The minimum absolute atomic E-state index is 0.171. The first-order chi connectivity index (χ1) is 8.26. The zero-order valence-electron chi connectivity index (χ0n) is 11.0. The minimum atomic E-state index is 0.171. The molecule has 1 aromatic rings. The van der Waals surface area contributed by atoms with Gasteiger partial charge >= 0.3 is 0 Å². The largest absolute Gasteiger partial charge is 0.395 e. The molecule has 0 aliphatic carbocycles. The highest BCUT2D eigenvalue weighted by atomic mass is 16.3. The lowest BCUT2D eigenvalue weighted by Gasteiger charge is -2.21. The Kier molecular flexibility index (Phi) is 6.90. The molecule has 0 aromatic heterocycles. The molecule has 2 atom stereocenters. The Bertz CT molecular complexity index is 286. The molecule has 1 rings (SSSR count). The summed E-state index contributed by atoms with van der Waals surface area (Å²) in [5.74, 6) is 0. The van der Waals surface area contributed by atoms with Crippen LogP contribution in [0.1, 0.15) is 38.7 Å². The van der Waals surface area contributed by atoms with Crippen molar-refractivity contribution >= 4 is 0 Å². The zero-order valence-corrected chi connectivity index (χ0v) is 11.0. The van der Waals surface area contributed by atoms with Crippen molar-refractivity contribution in [2.75, 3.05) is 6.61 Å². The molecule has 0 saturated carbocycles. The molecule has 2 unspecified atom stereocenters. The van der Waals surface area contributed by atoms with Crippen LogP contribution in [0.2, 0.25) is 0 Å². The minimum Gasteiger partial charge on any atom is -0.395 e. The summed E-state index contributed by atoms with van der Waals surface area (Å²) in [5.41, 5.74) is 1.28. The van der Waals surface area contributed by atoms with E-state index in [9.17, 15) is 5.11 Å². The van der Waals surface area contributed by atoms with Gasteiger partial charge in [0.1, 0.15) is 0 Å². The van der Waals surface area contributed by atoms with E-state index in [2.05, 4.69) is 31.3 Å². The van der Waals surface area contributed by atoms with Gasteiger partial charge in [0.15, 0.2) is 0 Å².